The van der Waals surface area contributed by atoms with Gasteiger partial charge in [-0.15, -0.1) is 0 Å². The number of hydrogen-bond acceptors (Lipinski definition) is 5. The first-order valence-electron chi connectivity index (χ1n) is 11.0. The number of carbonyl (C=O) groups is 2. The Morgan fingerprint density at radius 2 is 1.55 bits per heavy atom. The standard InChI is InChI=1S/C26H27N3O4/c1-17(18-6-8-20(9-7-18)21-10-13-27-14-11-21)28-25(32)23(30)24(31)26(33)29-15-12-19-4-2-3-5-22(19)16-29/h2-11,13-14,17,23-24,30-31H,12,15-16H2,1H3,(H,28,32)/t17-,23+,24+/m0/s1. The smallest absolute Gasteiger partial charge is 0.255 e. The van der Waals surface area contributed by atoms with Crippen molar-refractivity contribution in [2.24, 2.45) is 0 Å². The van der Waals surface area contributed by atoms with Crippen molar-refractivity contribution < 1.29 is 19.8 Å². The lowest BCUT2D eigenvalue weighted by atomic mass is 9.99. The molecule has 0 bridgehead atoms. The first-order valence-corrected chi connectivity index (χ1v) is 11.0. The van der Waals surface area contributed by atoms with Gasteiger partial charge in [0.25, 0.3) is 11.8 Å². The Morgan fingerprint density at radius 1 is 0.909 bits per heavy atom. The van der Waals surface area contributed by atoms with Gasteiger partial charge in [-0.3, -0.25) is 14.6 Å². The van der Waals surface area contributed by atoms with E-state index in [1.54, 1.807) is 19.3 Å². The molecule has 2 heterocycles. The lowest BCUT2D eigenvalue weighted by Crippen LogP contribution is -2.51. The summed E-state index contributed by atoms with van der Waals surface area (Å²) in [5.74, 6) is -1.44. The van der Waals surface area contributed by atoms with E-state index in [0.717, 1.165) is 27.8 Å². The van der Waals surface area contributed by atoms with Crippen molar-refractivity contribution in [2.45, 2.75) is 38.1 Å². The molecule has 0 saturated heterocycles. The van der Waals surface area contributed by atoms with E-state index in [2.05, 4.69) is 10.3 Å². The highest BCUT2D eigenvalue weighted by molar-refractivity contribution is 5.91. The Kier molecular flexibility index (Phi) is 6.82. The lowest BCUT2D eigenvalue weighted by molar-refractivity contribution is -0.154. The van der Waals surface area contributed by atoms with Gasteiger partial charge in [0.2, 0.25) is 0 Å². The Balaban J connectivity index is 1.35. The van der Waals surface area contributed by atoms with Crippen molar-refractivity contribution in [3.05, 3.63) is 89.7 Å². The number of carbonyl (C=O) groups excluding carboxylic acids is 2. The second-order valence-electron chi connectivity index (χ2n) is 8.26. The van der Waals surface area contributed by atoms with Crippen LogP contribution in [0.3, 0.4) is 0 Å². The van der Waals surface area contributed by atoms with E-state index in [-0.39, 0.29) is 0 Å². The first kappa shape index (κ1) is 22.6. The molecule has 3 N–H and O–H groups in total. The third kappa shape index (κ3) is 5.10. The summed E-state index contributed by atoms with van der Waals surface area (Å²) in [6.45, 7) is 2.56. The highest BCUT2D eigenvalue weighted by Crippen LogP contribution is 2.22. The molecule has 0 radical (unpaired) electrons. The van der Waals surface area contributed by atoms with Crippen LogP contribution in [0.1, 0.15) is 29.7 Å². The molecule has 2 amide bonds. The van der Waals surface area contributed by atoms with Crippen molar-refractivity contribution in [2.75, 3.05) is 6.54 Å². The maximum atomic E-state index is 12.7. The maximum Gasteiger partial charge on any atom is 0.255 e. The molecule has 7 nitrogen and oxygen atoms in total. The molecule has 0 spiro atoms. The Hall–Kier alpha value is -3.55. The van der Waals surface area contributed by atoms with Crippen molar-refractivity contribution in [3.8, 4) is 11.1 Å². The minimum Gasteiger partial charge on any atom is -0.380 e. The number of aromatic nitrogens is 1. The topological polar surface area (TPSA) is 103 Å². The largest absolute Gasteiger partial charge is 0.380 e. The zero-order valence-electron chi connectivity index (χ0n) is 18.4. The second-order valence-corrected chi connectivity index (χ2v) is 8.26. The average molecular weight is 446 g/mol. The van der Waals surface area contributed by atoms with Crippen LogP contribution in [0, 0.1) is 0 Å². The Bertz CT molecular complexity index is 1120. The zero-order valence-corrected chi connectivity index (χ0v) is 18.4. The van der Waals surface area contributed by atoms with Gasteiger partial charge in [-0.25, -0.2) is 0 Å². The van der Waals surface area contributed by atoms with Gasteiger partial charge < -0.3 is 20.4 Å². The number of rotatable bonds is 6. The fourth-order valence-electron chi connectivity index (χ4n) is 4.04. The van der Waals surface area contributed by atoms with Gasteiger partial charge in [0, 0.05) is 25.5 Å². The van der Waals surface area contributed by atoms with Crippen LogP contribution in [0.2, 0.25) is 0 Å². The lowest BCUT2D eigenvalue weighted by Gasteiger charge is -2.31. The molecule has 0 aliphatic carbocycles. The van der Waals surface area contributed by atoms with E-state index >= 15 is 0 Å². The summed E-state index contributed by atoms with van der Waals surface area (Å²) < 4.78 is 0. The van der Waals surface area contributed by atoms with Crippen LogP contribution in [-0.4, -0.2) is 50.7 Å². The average Bonchev–Trinajstić information content (AvgIpc) is 2.87. The summed E-state index contributed by atoms with van der Waals surface area (Å²) in [7, 11) is 0. The first-order chi connectivity index (χ1) is 15.9. The van der Waals surface area contributed by atoms with E-state index in [1.807, 2.05) is 60.7 Å². The van der Waals surface area contributed by atoms with E-state index in [4.69, 9.17) is 0 Å². The van der Waals surface area contributed by atoms with Gasteiger partial charge in [0.05, 0.1) is 6.04 Å². The van der Waals surface area contributed by atoms with Crippen LogP contribution in [0.5, 0.6) is 0 Å². The monoisotopic (exact) mass is 445 g/mol. The van der Waals surface area contributed by atoms with Gasteiger partial charge in [-0.05, 0) is 53.3 Å². The van der Waals surface area contributed by atoms with E-state index < -0.39 is 30.1 Å². The molecule has 2 aromatic carbocycles. The number of pyridine rings is 1. The van der Waals surface area contributed by atoms with Crippen molar-refractivity contribution in [1.29, 1.82) is 0 Å². The highest BCUT2D eigenvalue weighted by atomic mass is 16.3. The molecule has 7 heteroatoms. The second kappa shape index (κ2) is 9.94. The number of nitrogens with one attached hydrogen (secondary N) is 1. The highest BCUT2D eigenvalue weighted by Gasteiger charge is 2.35. The van der Waals surface area contributed by atoms with E-state index in [0.29, 0.717) is 19.5 Å². The normalized spacial score (nSPS) is 15.8. The fourth-order valence-corrected chi connectivity index (χ4v) is 4.04. The predicted octanol–water partition coefficient (Wildman–Crippen LogP) is 2.23. The number of nitrogens with zero attached hydrogens (tertiary/aromatic N) is 2. The van der Waals surface area contributed by atoms with Crippen molar-refractivity contribution >= 4 is 11.8 Å². The van der Waals surface area contributed by atoms with Crippen LogP contribution >= 0.6 is 0 Å². The molecular formula is C26H27N3O4. The molecule has 4 rings (SSSR count). The summed E-state index contributed by atoms with van der Waals surface area (Å²) in [5.41, 5.74) is 5.06. The van der Waals surface area contributed by atoms with Crippen LogP contribution in [0.15, 0.2) is 73.1 Å². The number of aliphatic hydroxyl groups excluding tert-OH is 2. The number of fused-ring (bicyclic) bond motifs is 1. The number of benzene rings is 2. The minimum atomic E-state index is -1.85. The molecule has 33 heavy (non-hydrogen) atoms. The molecule has 1 aliphatic heterocycles. The number of hydrogen-bond donors (Lipinski definition) is 3. The van der Waals surface area contributed by atoms with Crippen molar-refractivity contribution in [1.82, 2.24) is 15.2 Å². The van der Waals surface area contributed by atoms with Gasteiger partial charge in [-0.1, -0.05) is 48.5 Å². The molecule has 3 aromatic rings. The van der Waals surface area contributed by atoms with E-state index in [1.165, 1.54) is 4.90 Å². The Labute approximate surface area is 192 Å². The third-order valence-electron chi connectivity index (χ3n) is 6.05. The van der Waals surface area contributed by atoms with Gasteiger partial charge in [0.15, 0.2) is 12.2 Å². The molecule has 0 fully saturated rings. The van der Waals surface area contributed by atoms with E-state index in [9.17, 15) is 19.8 Å². The zero-order chi connectivity index (χ0) is 23.4. The van der Waals surface area contributed by atoms with Gasteiger partial charge in [0.1, 0.15) is 0 Å². The maximum absolute atomic E-state index is 12.7. The summed E-state index contributed by atoms with van der Waals surface area (Å²) in [5, 5.41) is 23.4. The molecule has 0 unspecified atom stereocenters. The SMILES string of the molecule is C[C@H](NC(=O)[C@H](O)[C@@H](O)C(=O)N1CCc2ccccc2C1)c1ccc(-c2ccncc2)cc1. The summed E-state index contributed by atoms with van der Waals surface area (Å²) in [4.78, 5) is 30.7. The fraction of sp³-hybridized carbons (Fsp3) is 0.269. The van der Waals surface area contributed by atoms with Crippen LogP contribution in [0.4, 0.5) is 0 Å². The Morgan fingerprint density at radius 3 is 2.24 bits per heavy atom. The third-order valence-corrected chi connectivity index (χ3v) is 6.05. The summed E-state index contributed by atoms with van der Waals surface area (Å²) in [6, 6.07) is 18.9. The van der Waals surface area contributed by atoms with Crippen molar-refractivity contribution in [3.63, 3.8) is 0 Å². The molecule has 0 saturated carbocycles. The van der Waals surface area contributed by atoms with Crippen LogP contribution in [-0.2, 0) is 22.6 Å². The molecule has 170 valence electrons. The molecule has 3 atom stereocenters. The quantitative estimate of drug-likeness (QED) is 0.540. The molecule has 1 aromatic heterocycles. The number of aliphatic hydroxyl groups is 2. The minimum absolute atomic E-state index is 0.348. The molecular weight excluding hydrogens is 418 g/mol. The van der Waals surface area contributed by atoms with Gasteiger partial charge >= 0.3 is 0 Å². The molecule has 1 aliphatic rings. The number of amides is 2. The predicted molar refractivity (Wildman–Crippen MR) is 124 cm³/mol. The van der Waals surface area contributed by atoms with Crippen LogP contribution < -0.4 is 5.32 Å². The van der Waals surface area contributed by atoms with Crippen LogP contribution in [0.25, 0.3) is 11.1 Å². The van der Waals surface area contributed by atoms with Gasteiger partial charge in [-0.2, -0.15) is 0 Å². The summed E-state index contributed by atoms with van der Waals surface area (Å²) in [6.07, 6.45) is 0.444. The summed E-state index contributed by atoms with van der Waals surface area (Å²) >= 11 is 0.